The largest absolute Gasteiger partial charge is 0.496 e. The van der Waals surface area contributed by atoms with Crippen LogP contribution in [-0.2, 0) is 7.05 Å². The highest BCUT2D eigenvalue weighted by Gasteiger charge is 2.18. The molecule has 21 heavy (non-hydrogen) atoms. The van der Waals surface area contributed by atoms with Crippen LogP contribution in [0.5, 0.6) is 5.75 Å². The molecule has 2 aromatic rings. The van der Waals surface area contributed by atoms with Gasteiger partial charge < -0.3 is 10.1 Å². The molecule has 1 unspecified atom stereocenters. The zero-order chi connectivity index (χ0) is 15.2. The van der Waals surface area contributed by atoms with Crippen molar-refractivity contribution < 1.29 is 4.74 Å². The van der Waals surface area contributed by atoms with Crippen LogP contribution in [0.15, 0.2) is 28.3 Å². The summed E-state index contributed by atoms with van der Waals surface area (Å²) in [6.45, 7) is 5.27. The summed E-state index contributed by atoms with van der Waals surface area (Å²) in [7, 11) is 3.53. The first-order valence-electron chi connectivity index (χ1n) is 6.97. The molecule has 1 atom stereocenters. The Bertz CT molecular complexity index is 586. The number of nitrogens with one attached hydrogen (secondary N) is 1. The normalized spacial score (nSPS) is 12.4. The van der Waals surface area contributed by atoms with Gasteiger partial charge in [-0.2, -0.15) is 0 Å². The first-order chi connectivity index (χ1) is 10.2. The highest BCUT2D eigenvalue weighted by Crippen LogP contribution is 2.37. The molecule has 0 bridgehead atoms. The van der Waals surface area contributed by atoms with Crippen molar-refractivity contribution in [1.29, 1.82) is 0 Å². The third-order valence-electron chi connectivity index (χ3n) is 3.16. The molecule has 1 aromatic heterocycles. The first-order valence-corrected chi connectivity index (χ1v) is 7.79. The van der Waals surface area contributed by atoms with Crippen LogP contribution in [0.4, 0.5) is 0 Å². The second-order valence-electron chi connectivity index (χ2n) is 4.74. The zero-order valence-electron chi connectivity index (χ0n) is 12.8. The average Bonchev–Trinajstić information content (AvgIpc) is 2.89. The average molecular weight is 307 g/mol. The Hall–Kier alpha value is -1.60. The molecular weight excluding hydrogens is 286 g/mol. The van der Waals surface area contributed by atoms with E-state index in [0.717, 1.165) is 34.3 Å². The van der Waals surface area contributed by atoms with Gasteiger partial charge in [0.25, 0.3) is 0 Å². The quantitative estimate of drug-likeness (QED) is 0.847. The lowest BCUT2D eigenvalue weighted by molar-refractivity contribution is 0.399. The molecule has 1 heterocycles. The van der Waals surface area contributed by atoms with Gasteiger partial charge in [-0.15, -0.1) is 5.10 Å². The first kappa shape index (κ1) is 15.8. The lowest BCUT2D eigenvalue weighted by atomic mass is 10.1. The molecule has 0 saturated heterocycles. The Kier molecular flexibility index (Phi) is 5.58. The Morgan fingerprint density at radius 2 is 2.24 bits per heavy atom. The number of nitrogens with zero attached hydrogens (tertiary/aromatic N) is 4. The number of methoxy groups -OCH3 is 1. The highest BCUT2D eigenvalue weighted by atomic mass is 32.2. The molecule has 1 N–H and O–H groups in total. The summed E-state index contributed by atoms with van der Waals surface area (Å²) >= 11 is 1.55. The molecule has 0 aliphatic heterocycles. The van der Waals surface area contributed by atoms with Crippen LogP contribution in [0.1, 0.15) is 31.9 Å². The van der Waals surface area contributed by atoms with Gasteiger partial charge in [0.2, 0.25) is 5.16 Å². The zero-order valence-corrected chi connectivity index (χ0v) is 13.6. The third kappa shape index (κ3) is 3.74. The Morgan fingerprint density at radius 1 is 1.43 bits per heavy atom. The van der Waals surface area contributed by atoms with E-state index in [1.165, 1.54) is 0 Å². The van der Waals surface area contributed by atoms with Crippen LogP contribution in [-0.4, -0.2) is 33.9 Å². The second kappa shape index (κ2) is 7.42. The van der Waals surface area contributed by atoms with E-state index in [9.17, 15) is 0 Å². The number of aryl methyl sites for hydroxylation is 1. The fourth-order valence-corrected chi connectivity index (χ4v) is 3.06. The topological polar surface area (TPSA) is 64.9 Å². The van der Waals surface area contributed by atoms with Gasteiger partial charge in [0.1, 0.15) is 5.75 Å². The van der Waals surface area contributed by atoms with E-state index in [1.807, 2.05) is 19.2 Å². The van der Waals surface area contributed by atoms with Gasteiger partial charge in [-0.05, 0) is 54.2 Å². The molecular formula is C14H21N5OS. The fourth-order valence-electron chi connectivity index (χ4n) is 2.09. The van der Waals surface area contributed by atoms with Crippen molar-refractivity contribution in [2.75, 3.05) is 13.7 Å². The standard InChI is InChI=1S/C14H21N5OS/c1-5-9-15-10(2)13-11(20-4)7-6-8-12(13)21-14-16-17-18-19(14)3/h6-8,10,15H,5,9H2,1-4H3. The number of ether oxygens (including phenoxy) is 1. The molecule has 0 spiro atoms. The maximum atomic E-state index is 5.52. The van der Waals surface area contributed by atoms with Crippen LogP contribution in [0.3, 0.4) is 0 Å². The predicted molar refractivity (Wildman–Crippen MR) is 82.6 cm³/mol. The summed E-state index contributed by atoms with van der Waals surface area (Å²) in [5.41, 5.74) is 1.14. The van der Waals surface area contributed by atoms with E-state index in [-0.39, 0.29) is 6.04 Å². The van der Waals surface area contributed by atoms with E-state index >= 15 is 0 Å². The second-order valence-corrected chi connectivity index (χ2v) is 5.74. The number of hydrogen-bond donors (Lipinski definition) is 1. The van der Waals surface area contributed by atoms with Gasteiger partial charge in [-0.25, -0.2) is 4.68 Å². The van der Waals surface area contributed by atoms with Gasteiger partial charge in [-0.1, -0.05) is 13.0 Å². The minimum atomic E-state index is 0.199. The molecule has 7 heteroatoms. The molecule has 0 amide bonds. The molecule has 0 radical (unpaired) electrons. The van der Waals surface area contributed by atoms with Gasteiger partial charge in [-0.3, -0.25) is 0 Å². The van der Waals surface area contributed by atoms with Gasteiger partial charge in [0.15, 0.2) is 0 Å². The van der Waals surface area contributed by atoms with Crippen molar-refractivity contribution >= 4 is 11.8 Å². The summed E-state index contributed by atoms with van der Waals surface area (Å²) in [6.07, 6.45) is 1.09. The summed E-state index contributed by atoms with van der Waals surface area (Å²) in [6, 6.07) is 6.24. The monoisotopic (exact) mass is 307 g/mol. The van der Waals surface area contributed by atoms with E-state index in [0.29, 0.717) is 0 Å². The minimum absolute atomic E-state index is 0.199. The van der Waals surface area contributed by atoms with Crippen LogP contribution < -0.4 is 10.1 Å². The van der Waals surface area contributed by atoms with Gasteiger partial charge in [0.05, 0.1) is 7.11 Å². The molecule has 0 saturated carbocycles. The van der Waals surface area contributed by atoms with Crippen molar-refractivity contribution in [3.05, 3.63) is 23.8 Å². The summed E-state index contributed by atoms with van der Waals surface area (Å²) < 4.78 is 7.19. The summed E-state index contributed by atoms with van der Waals surface area (Å²) in [5, 5.41) is 15.8. The molecule has 0 aliphatic carbocycles. The number of tetrazole rings is 1. The molecule has 2 rings (SSSR count). The van der Waals surface area contributed by atoms with Crippen LogP contribution in [0.2, 0.25) is 0 Å². The smallest absolute Gasteiger partial charge is 0.213 e. The predicted octanol–water partition coefficient (Wildman–Crippen LogP) is 2.43. The SMILES string of the molecule is CCCNC(C)c1c(OC)cccc1Sc1nnnn1C. The number of rotatable bonds is 7. The van der Waals surface area contributed by atoms with Crippen molar-refractivity contribution in [2.45, 2.75) is 36.4 Å². The van der Waals surface area contributed by atoms with Crippen molar-refractivity contribution in [3.8, 4) is 5.75 Å². The van der Waals surface area contributed by atoms with E-state index in [4.69, 9.17) is 4.74 Å². The number of benzene rings is 1. The van der Waals surface area contributed by atoms with E-state index in [2.05, 4.69) is 40.8 Å². The molecule has 0 fully saturated rings. The maximum absolute atomic E-state index is 5.52. The third-order valence-corrected chi connectivity index (χ3v) is 4.27. The van der Waals surface area contributed by atoms with E-state index in [1.54, 1.807) is 23.6 Å². The van der Waals surface area contributed by atoms with Crippen molar-refractivity contribution in [1.82, 2.24) is 25.5 Å². The lowest BCUT2D eigenvalue weighted by Gasteiger charge is -2.20. The Balaban J connectivity index is 2.33. The van der Waals surface area contributed by atoms with Crippen molar-refractivity contribution in [3.63, 3.8) is 0 Å². The van der Waals surface area contributed by atoms with Crippen LogP contribution in [0.25, 0.3) is 0 Å². The number of aromatic nitrogens is 4. The molecule has 1 aromatic carbocycles. The minimum Gasteiger partial charge on any atom is -0.496 e. The maximum Gasteiger partial charge on any atom is 0.213 e. The van der Waals surface area contributed by atoms with Crippen LogP contribution in [0, 0.1) is 0 Å². The summed E-state index contributed by atoms with van der Waals surface area (Å²) in [4.78, 5) is 1.10. The molecule has 6 nitrogen and oxygen atoms in total. The molecule has 0 aliphatic rings. The lowest BCUT2D eigenvalue weighted by Crippen LogP contribution is -2.20. The van der Waals surface area contributed by atoms with E-state index < -0.39 is 0 Å². The Labute approximate surface area is 129 Å². The molecule has 114 valence electrons. The highest BCUT2D eigenvalue weighted by molar-refractivity contribution is 7.99. The van der Waals surface area contributed by atoms with Crippen LogP contribution >= 0.6 is 11.8 Å². The van der Waals surface area contributed by atoms with Gasteiger partial charge in [0, 0.05) is 23.5 Å². The summed E-state index contributed by atoms with van der Waals surface area (Å²) in [5.74, 6) is 0.881. The van der Waals surface area contributed by atoms with Crippen molar-refractivity contribution in [2.24, 2.45) is 7.05 Å². The van der Waals surface area contributed by atoms with Gasteiger partial charge >= 0.3 is 0 Å². The number of hydrogen-bond acceptors (Lipinski definition) is 6. The Morgan fingerprint density at radius 3 is 2.86 bits per heavy atom. The fraction of sp³-hybridized carbons (Fsp3) is 0.500.